The van der Waals surface area contributed by atoms with Crippen molar-refractivity contribution >= 4 is 5.78 Å². The molecule has 30 heavy (non-hydrogen) atoms. The molecule has 0 saturated heterocycles. The van der Waals surface area contributed by atoms with Gasteiger partial charge >= 0.3 is 0 Å². The highest BCUT2D eigenvalue weighted by Crippen LogP contribution is 2.15. The van der Waals surface area contributed by atoms with E-state index in [0.29, 0.717) is 0 Å². The first kappa shape index (κ1) is 26.9. The minimum atomic E-state index is 0.0885. The van der Waals surface area contributed by atoms with Gasteiger partial charge in [-0.3, -0.25) is 4.79 Å². The Morgan fingerprint density at radius 3 is 1.63 bits per heavy atom. The Bertz CT molecular complexity index is 497. The van der Waals surface area contributed by atoms with E-state index < -0.39 is 0 Å². The topological polar surface area (TPSA) is 26.3 Å². The zero-order valence-electron chi connectivity index (χ0n) is 20.0. The summed E-state index contributed by atoms with van der Waals surface area (Å²) >= 11 is 0. The molecule has 1 aromatic rings. The maximum atomic E-state index is 12.2. The van der Waals surface area contributed by atoms with Crippen LogP contribution in [0.2, 0.25) is 0 Å². The minimum Gasteiger partial charge on any atom is -0.370 e. The van der Waals surface area contributed by atoms with Gasteiger partial charge in [0.2, 0.25) is 0 Å². The molecule has 0 heterocycles. The highest BCUT2D eigenvalue weighted by atomic mass is 16.5. The molecule has 1 rings (SSSR count). The van der Waals surface area contributed by atoms with Crippen molar-refractivity contribution in [3.8, 4) is 0 Å². The summed E-state index contributed by atoms with van der Waals surface area (Å²) in [7, 11) is 0. The number of hydrogen-bond donors (Lipinski definition) is 0. The second kappa shape index (κ2) is 19.8. The van der Waals surface area contributed by atoms with Gasteiger partial charge in [-0.1, -0.05) is 140 Å². The monoisotopic (exact) mass is 416 g/mol. The fraction of sp³-hybridized carbons (Fsp3) is 0.750. The van der Waals surface area contributed by atoms with Gasteiger partial charge in [0, 0.05) is 5.56 Å². The highest BCUT2D eigenvalue weighted by Gasteiger charge is 2.11. The molecule has 1 aromatic carbocycles. The third kappa shape index (κ3) is 14.8. The average molecular weight is 417 g/mol. The zero-order valence-corrected chi connectivity index (χ0v) is 20.0. The molecule has 0 N–H and O–H groups in total. The Hall–Kier alpha value is -1.15. The normalized spacial score (nSPS) is 12.2. The van der Waals surface area contributed by atoms with Crippen LogP contribution in [0.5, 0.6) is 0 Å². The third-order valence-electron chi connectivity index (χ3n) is 6.13. The molecule has 0 amide bonds. The Morgan fingerprint density at radius 1 is 0.700 bits per heavy atom. The van der Waals surface area contributed by atoms with Crippen molar-refractivity contribution in [2.75, 3.05) is 6.61 Å². The first-order valence-electron chi connectivity index (χ1n) is 13.0. The van der Waals surface area contributed by atoms with Gasteiger partial charge in [0.15, 0.2) is 5.78 Å². The van der Waals surface area contributed by atoms with E-state index in [-0.39, 0.29) is 18.5 Å². The van der Waals surface area contributed by atoms with E-state index in [9.17, 15) is 4.79 Å². The van der Waals surface area contributed by atoms with Crippen LogP contribution in [-0.4, -0.2) is 18.5 Å². The van der Waals surface area contributed by atoms with Crippen LogP contribution < -0.4 is 0 Å². The van der Waals surface area contributed by atoms with Crippen molar-refractivity contribution in [3.63, 3.8) is 0 Å². The molecule has 0 bridgehead atoms. The van der Waals surface area contributed by atoms with Crippen LogP contribution in [0, 0.1) is 0 Å². The van der Waals surface area contributed by atoms with Crippen molar-refractivity contribution < 1.29 is 9.53 Å². The fourth-order valence-corrected chi connectivity index (χ4v) is 4.05. The molecule has 0 saturated carbocycles. The highest BCUT2D eigenvalue weighted by molar-refractivity contribution is 5.96. The lowest BCUT2D eigenvalue weighted by atomic mass is 10.0. The van der Waals surface area contributed by atoms with Crippen molar-refractivity contribution in [3.05, 3.63) is 35.9 Å². The van der Waals surface area contributed by atoms with Gasteiger partial charge in [-0.05, 0) is 12.8 Å². The standard InChI is InChI=1S/C28H48O2/c1-3-5-6-7-8-9-10-11-12-13-14-15-16-17-21-24-27(4-2)30-25-28(29)26-22-19-18-20-23-26/h18-20,22-23,27H,3-17,21,24-25H2,1-2H3. The van der Waals surface area contributed by atoms with E-state index in [0.717, 1.165) is 18.4 Å². The first-order valence-corrected chi connectivity index (χ1v) is 13.0. The smallest absolute Gasteiger partial charge is 0.188 e. The summed E-state index contributed by atoms with van der Waals surface area (Å²) in [6.45, 7) is 4.65. The molecule has 1 unspecified atom stereocenters. The quantitative estimate of drug-likeness (QED) is 0.148. The number of ether oxygens (including phenoxy) is 1. The molecular formula is C28H48O2. The van der Waals surface area contributed by atoms with Crippen LogP contribution in [0.25, 0.3) is 0 Å². The van der Waals surface area contributed by atoms with Gasteiger partial charge in [-0.25, -0.2) is 0 Å². The third-order valence-corrected chi connectivity index (χ3v) is 6.13. The number of unbranched alkanes of at least 4 members (excludes halogenated alkanes) is 14. The van der Waals surface area contributed by atoms with Gasteiger partial charge in [0.25, 0.3) is 0 Å². The molecule has 0 radical (unpaired) electrons. The average Bonchev–Trinajstić information content (AvgIpc) is 2.78. The Labute approximate surface area is 187 Å². The second-order valence-corrected chi connectivity index (χ2v) is 8.87. The summed E-state index contributed by atoms with van der Waals surface area (Å²) in [6.07, 6.45) is 23.2. The van der Waals surface area contributed by atoms with Gasteiger partial charge in [-0.15, -0.1) is 0 Å². The lowest BCUT2D eigenvalue weighted by Crippen LogP contribution is -2.18. The molecular weight excluding hydrogens is 368 g/mol. The van der Waals surface area contributed by atoms with E-state index in [1.807, 2.05) is 30.3 Å². The molecule has 1 atom stereocenters. The number of Topliss-reactive ketones (excluding diaryl/α,β-unsaturated/α-hetero) is 1. The van der Waals surface area contributed by atoms with Crippen LogP contribution >= 0.6 is 0 Å². The first-order chi connectivity index (χ1) is 14.8. The Morgan fingerprint density at radius 2 is 1.17 bits per heavy atom. The number of benzene rings is 1. The van der Waals surface area contributed by atoms with E-state index in [4.69, 9.17) is 4.74 Å². The minimum absolute atomic E-state index is 0.0885. The fourth-order valence-electron chi connectivity index (χ4n) is 4.05. The van der Waals surface area contributed by atoms with Crippen LogP contribution in [0.1, 0.15) is 133 Å². The SMILES string of the molecule is CCCCCCCCCCCCCCCCCC(CC)OCC(=O)c1ccccc1. The second-order valence-electron chi connectivity index (χ2n) is 8.87. The molecule has 172 valence electrons. The molecule has 2 heteroatoms. The predicted octanol–water partition coefficient (Wildman–Crippen LogP) is 8.93. The number of rotatable bonds is 21. The van der Waals surface area contributed by atoms with Crippen LogP contribution in [-0.2, 0) is 4.74 Å². The van der Waals surface area contributed by atoms with E-state index in [1.54, 1.807) is 0 Å². The van der Waals surface area contributed by atoms with Crippen molar-refractivity contribution in [1.29, 1.82) is 0 Å². The summed E-state index contributed by atoms with van der Waals surface area (Å²) in [5, 5.41) is 0. The summed E-state index contributed by atoms with van der Waals surface area (Å²) in [5.41, 5.74) is 0.749. The molecule has 0 spiro atoms. The molecule has 0 fully saturated rings. The lowest BCUT2D eigenvalue weighted by molar-refractivity contribution is 0.0388. The predicted molar refractivity (Wildman–Crippen MR) is 130 cm³/mol. The van der Waals surface area contributed by atoms with Gasteiger partial charge in [-0.2, -0.15) is 0 Å². The van der Waals surface area contributed by atoms with Crippen molar-refractivity contribution in [1.82, 2.24) is 0 Å². The summed E-state index contributed by atoms with van der Waals surface area (Å²) < 4.78 is 5.88. The molecule has 0 aliphatic heterocycles. The molecule has 0 aliphatic rings. The summed E-state index contributed by atoms with van der Waals surface area (Å²) in [5.74, 6) is 0.0885. The molecule has 0 aliphatic carbocycles. The van der Waals surface area contributed by atoms with E-state index in [1.165, 1.54) is 96.3 Å². The number of hydrogen-bond acceptors (Lipinski definition) is 2. The van der Waals surface area contributed by atoms with Crippen LogP contribution in [0.3, 0.4) is 0 Å². The molecule has 2 nitrogen and oxygen atoms in total. The number of carbonyl (C=O) groups excluding carboxylic acids is 1. The van der Waals surface area contributed by atoms with Gasteiger partial charge in [0.05, 0.1) is 6.10 Å². The van der Waals surface area contributed by atoms with Crippen molar-refractivity contribution in [2.24, 2.45) is 0 Å². The van der Waals surface area contributed by atoms with Crippen LogP contribution in [0.4, 0.5) is 0 Å². The summed E-state index contributed by atoms with van der Waals surface area (Å²) in [6, 6.07) is 9.46. The van der Waals surface area contributed by atoms with Gasteiger partial charge in [0.1, 0.15) is 6.61 Å². The maximum absolute atomic E-state index is 12.2. The number of ketones is 1. The Balaban J connectivity index is 1.88. The largest absolute Gasteiger partial charge is 0.370 e. The number of carbonyl (C=O) groups is 1. The van der Waals surface area contributed by atoms with Crippen molar-refractivity contribution in [2.45, 2.75) is 129 Å². The van der Waals surface area contributed by atoms with Crippen LogP contribution in [0.15, 0.2) is 30.3 Å². The maximum Gasteiger partial charge on any atom is 0.188 e. The lowest BCUT2D eigenvalue weighted by Gasteiger charge is -2.15. The Kier molecular flexibility index (Phi) is 17.7. The molecule has 0 aromatic heterocycles. The van der Waals surface area contributed by atoms with E-state index in [2.05, 4.69) is 13.8 Å². The van der Waals surface area contributed by atoms with Gasteiger partial charge < -0.3 is 4.74 Å². The van der Waals surface area contributed by atoms with E-state index >= 15 is 0 Å². The summed E-state index contributed by atoms with van der Waals surface area (Å²) in [4.78, 5) is 12.2. The zero-order chi connectivity index (χ0) is 21.7.